The second kappa shape index (κ2) is 14.1. The molecule has 0 amide bonds. The Hall–Kier alpha value is -1.06. The zero-order chi connectivity index (χ0) is 19.2. The van der Waals surface area contributed by atoms with Crippen LogP contribution in [0.5, 0.6) is 0 Å². The molecule has 1 saturated carbocycles. The molecule has 0 heterocycles. The zero-order valence-electron chi connectivity index (χ0n) is 17.3. The van der Waals surface area contributed by atoms with Crippen molar-refractivity contribution < 1.29 is 19.1 Å². The number of hydrogen-bond donors (Lipinski definition) is 0. The quantitative estimate of drug-likeness (QED) is 0.393. The number of carbonyl (C=O) groups excluding carboxylic acids is 2. The Morgan fingerprint density at radius 1 is 0.846 bits per heavy atom. The van der Waals surface area contributed by atoms with Crippen molar-refractivity contribution in [2.45, 2.75) is 97.8 Å². The number of ether oxygens (including phenoxy) is 2. The fourth-order valence-electron chi connectivity index (χ4n) is 3.48. The molecule has 0 N–H and O–H groups in total. The minimum Gasteiger partial charge on any atom is -0.466 e. The molecule has 26 heavy (non-hydrogen) atoms. The third-order valence-electron chi connectivity index (χ3n) is 5.32. The van der Waals surface area contributed by atoms with Crippen LogP contribution in [0.2, 0.25) is 0 Å². The third kappa shape index (κ3) is 12.3. The first-order chi connectivity index (χ1) is 12.5. The summed E-state index contributed by atoms with van der Waals surface area (Å²) in [6.45, 7) is 7.76. The molecule has 1 aliphatic carbocycles. The summed E-state index contributed by atoms with van der Waals surface area (Å²) in [6, 6.07) is 0. The second-order valence-corrected chi connectivity index (χ2v) is 8.48. The fraction of sp³-hybridized carbons (Fsp3) is 0.909. The van der Waals surface area contributed by atoms with Gasteiger partial charge < -0.3 is 9.47 Å². The van der Waals surface area contributed by atoms with Gasteiger partial charge in [-0.15, -0.1) is 0 Å². The molecule has 1 atom stereocenters. The Labute approximate surface area is 160 Å². The summed E-state index contributed by atoms with van der Waals surface area (Å²) in [4.78, 5) is 23.5. The van der Waals surface area contributed by atoms with E-state index in [4.69, 9.17) is 9.47 Å². The number of hydrogen-bond acceptors (Lipinski definition) is 4. The van der Waals surface area contributed by atoms with Crippen LogP contribution in [0, 0.1) is 17.8 Å². The highest BCUT2D eigenvalue weighted by Gasteiger charge is 2.15. The Bertz CT molecular complexity index is 386. The fourth-order valence-corrected chi connectivity index (χ4v) is 3.48. The van der Waals surface area contributed by atoms with Crippen LogP contribution in [0.25, 0.3) is 0 Å². The predicted molar refractivity (Wildman–Crippen MR) is 105 cm³/mol. The van der Waals surface area contributed by atoms with Gasteiger partial charge in [-0.3, -0.25) is 9.59 Å². The molecule has 4 nitrogen and oxygen atoms in total. The molecule has 0 aromatic rings. The van der Waals surface area contributed by atoms with Crippen molar-refractivity contribution >= 4 is 11.9 Å². The Balaban J connectivity index is 1.96. The first-order valence-electron chi connectivity index (χ1n) is 10.8. The highest BCUT2D eigenvalue weighted by atomic mass is 16.5. The summed E-state index contributed by atoms with van der Waals surface area (Å²) in [6.07, 6.45) is 11.9. The van der Waals surface area contributed by atoms with Crippen LogP contribution in [0.3, 0.4) is 0 Å². The minimum absolute atomic E-state index is 0.179. The standard InChI is InChI=1S/C22H40O4/c1-18(2)9-7-10-19(3)15-16-25-21(23)13-8-14-22(24)26-17-20-11-5-4-6-12-20/h18-20H,4-17H2,1-3H3. The van der Waals surface area contributed by atoms with Gasteiger partial charge in [0.2, 0.25) is 0 Å². The van der Waals surface area contributed by atoms with E-state index in [1.54, 1.807) is 0 Å². The predicted octanol–water partition coefficient (Wildman–Crippen LogP) is 5.68. The molecule has 0 aliphatic heterocycles. The van der Waals surface area contributed by atoms with Crippen LogP contribution in [0.4, 0.5) is 0 Å². The molecule has 1 fully saturated rings. The van der Waals surface area contributed by atoms with Gasteiger partial charge in [0, 0.05) is 12.8 Å². The molecule has 1 aliphatic rings. The van der Waals surface area contributed by atoms with Gasteiger partial charge in [0.15, 0.2) is 0 Å². The van der Waals surface area contributed by atoms with Gasteiger partial charge in [0.05, 0.1) is 13.2 Å². The number of esters is 2. The molecular formula is C22H40O4. The van der Waals surface area contributed by atoms with E-state index in [2.05, 4.69) is 20.8 Å². The lowest BCUT2D eigenvalue weighted by molar-refractivity contribution is -0.146. The van der Waals surface area contributed by atoms with Crippen molar-refractivity contribution in [3.63, 3.8) is 0 Å². The van der Waals surface area contributed by atoms with Crippen molar-refractivity contribution in [2.75, 3.05) is 13.2 Å². The highest BCUT2D eigenvalue weighted by Crippen LogP contribution is 2.23. The molecule has 1 rings (SSSR count). The zero-order valence-corrected chi connectivity index (χ0v) is 17.3. The number of carbonyl (C=O) groups is 2. The summed E-state index contributed by atoms with van der Waals surface area (Å²) < 4.78 is 10.6. The van der Waals surface area contributed by atoms with Crippen molar-refractivity contribution in [2.24, 2.45) is 17.8 Å². The van der Waals surface area contributed by atoms with Crippen LogP contribution in [0.15, 0.2) is 0 Å². The molecule has 0 spiro atoms. The Kier molecular flexibility index (Phi) is 12.4. The molecule has 0 radical (unpaired) electrons. The van der Waals surface area contributed by atoms with Crippen LogP contribution < -0.4 is 0 Å². The summed E-state index contributed by atoms with van der Waals surface area (Å²) in [7, 11) is 0. The topological polar surface area (TPSA) is 52.6 Å². The Morgan fingerprint density at radius 2 is 1.50 bits per heavy atom. The van der Waals surface area contributed by atoms with E-state index in [1.807, 2.05) is 0 Å². The van der Waals surface area contributed by atoms with Gasteiger partial charge >= 0.3 is 11.9 Å². The third-order valence-corrected chi connectivity index (χ3v) is 5.32. The van der Waals surface area contributed by atoms with E-state index in [-0.39, 0.29) is 11.9 Å². The van der Waals surface area contributed by atoms with E-state index < -0.39 is 0 Å². The molecule has 0 aromatic carbocycles. The molecule has 4 heteroatoms. The van der Waals surface area contributed by atoms with Gasteiger partial charge in [0.25, 0.3) is 0 Å². The maximum Gasteiger partial charge on any atom is 0.305 e. The molecule has 0 bridgehead atoms. The van der Waals surface area contributed by atoms with E-state index in [0.29, 0.717) is 44.3 Å². The van der Waals surface area contributed by atoms with E-state index in [1.165, 1.54) is 51.4 Å². The summed E-state index contributed by atoms with van der Waals surface area (Å²) in [5, 5.41) is 0. The average molecular weight is 369 g/mol. The van der Waals surface area contributed by atoms with Crippen molar-refractivity contribution in [3.05, 3.63) is 0 Å². The van der Waals surface area contributed by atoms with Crippen LogP contribution in [0.1, 0.15) is 97.8 Å². The van der Waals surface area contributed by atoms with E-state index in [9.17, 15) is 9.59 Å². The van der Waals surface area contributed by atoms with Crippen molar-refractivity contribution in [1.82, 2.24) is 0 Å². The van der Waals surface area contributed by atoms with Gasteiger partial charge in [-0.05, 0) is 43.4 Å². The average Bonchev–Trinajstić information content (AvgIpc) is 2.60. The van der Waals surface area contributed by atoms with Crippen LogP contribution in [-0.2, 0) is 19.1 Å². The molecule has 152 valence electrons. The maximum absolute atomic E-state index is 11.7. The number of rotatable bonds is 13. The van der Waals surface area contributed by atoms with Gasteiger partial charge in [0.1, 0.15) is 0 Å². The highest BCUT2D eigenvalue weighted by molar-refractivity contribution is 5.72. The molecule has 0 saturated heterocycles. The van der Waals surface area contributed by atoms with E-state index >= 15 is 0 Å². The maximum atomic E-state index is 11.7. The largest absolute Gasteiger partial charge is 0.466 e. The summed E-state index contributed by atoms with van der Waals surface area (Å²) in [5.74, 6) is 1.52. The Morgan fingerprint density at radius 3 is 2.15 bits per heavy atom. The van der Waals surface area contributed by atoms with Crippen molar-refractivity contribution in [1.29, 1.82) is 0 Å². The smallest absolute Gasteiger partial charge is 0.305 e. The van der Waals surface area contributed by atoms with E-state index in [0.717, 1.165) is 12.3 Å². The summed E-state index contributed by atoms with van der Waals surface area (Å²) >= 11 is 0. The minimum atomic E-state index is -0.195. The second-order valence-electron chi connectivity index (χ2n) is 8.48. The SMILES string of the molecule is CC(C)CCCC(C)CCOC(=O)CCCC(=O)OCC1CCCCC1. The van der Waals surface area contributed by atoms with Gasteiger partial charge in [-0.1, -0.05) is 59.3 Å². The normalized spacial score (nSPS) is 16.5. The van der Waals surface area contributed by atoms with Gasteiger partial charge in [-0.25, -0.2) is 0 Å². The summed E-state index contributed by atoms with van der Waals surface area (Å²) in [5.41, 5.74) is 0. The first kappa shape index (κ1) is 23.0. The lowest BCUT2D eigenvalue weighted by Crippen LogP contribution is -2.17. The molecule has 0 aromatic heterocycles. The lowest BCUT2D eigenvalue weighted by atomic mass is 9.90. The van der Waals surface area contributed by atoms with Gasteiger partial charge in [-0.2, -0.15) is 0 Å². The molecular weight excluding hydrogens is 328 g/mol. The molecule has 1 unspecified atom stereocenters. The van der Waals surface area contributed by atoms with Crippen LogP contribution >= 0.6 is 0 Å². The van der Waals surface area contributed by atoms with Crippen LogP contribution in [-0.4, -0.2) is 25.2 Å². The first-order valence-corrected chi connectivity index (χ1v) is 10.8. The van der Waals surface area contributed by atoms with Crippen molar-refractivity contribution in [3.8, 4) is 0 Å². The monoisotopic (exact) mass is 368 g/mol. The lowest BCUT2D eigenvalue weighted by Gasteiger charge is -2.20.